The maximum Gasteiger partial charge on any atom is 0.271 e. The van der Waals surface area contributed by atoms with E-state index in [4.69, 9.17) is 0 Å². The Bertz CT molecular complexity index is 983. The van der Waals surface area contributed by atoms with Gasteiger partial charge in [0.1, 0.15) is 0 Å². The first kappa shape index (κ1) is 20.9. The van der Waals surface area contributed by atoms with Crippen molar-refractivity contribution in [2.45, 2.75) is 0 Å². The number of amides is 1. The largest absolute Gasteiger partial charge is 0.368 e. The molecule has 2 aromatic carbocycles. The first-order valence-electron chi connectivity index (χ1n) is 9.15. The number of anilines is 1. The van der Waals surface area contributed by atoms with E-state index in [1.807, 2.05) is 7.05 Å². The predicted molar refractivity (Wildman–Crippen MR) is 111 cm³/mol. The number of hydrogen-bond donors (Lipinski definition) is 1. The summed E-state index contributed by atoms with van der Waals surface area (Å²) >= 11 is 0. The Morgan fingerprint density at radius 3 is 2.20 bits per heavy atom. The molecule has 1 N–H and O–H groups in total. The Labute approximate surface area is 171 Å². The number of carbonyl (C=O) groups excluding carboxylic acids is 1. The molecule has 0 aromatic heterocycles. The van der Waals surface area contributed by atoms with E-state index in [-0.39, 0.29) is 16.9 Å². The van der Waals surface area contributed by atoms with E-state index in [0.29, 0.717) is 5.56 Å². The number of nitrogens with one attached hydrogen (secondary N) is 1. The molecule has 0 radical (unpaired) electrons. The number of carbonyl (C=O) groups is 1. The molecule has 1 heterocycles. The van der Waals surface area contributed by atoms with Crippen LogP contribution in [0.3, 0.4) is 0 Å². The number of nitro groups is 2. The molecule has 156 valence electrons. The smallest absolute Gasteiger partial charge is 0.271 e. The molecule has 11 heteroatoms. The van der Waals surface area contributed by atoms with Gasteiger partial charge in [-0.25, -0.2) is 5.43 Å². The fourth-order valence-electron chi connectivity index (χ4n) is 3.05. The van der Waals surface area contributed by atoms with Crippen LogP contribution in [0.25, 0.3) is 0 Å². The van der Waals surface area contributed by atoms with Gasteiger partial charge in [0, 0.05) is 67.3 Å². The molecule has 0 bridgehead atoms. The molecule has 1 saturated heterocycles. The van der Waals surface area contributed by atoms with Gasteiger partial charge in [0.2, 0.25) is 0 Å². The summed E-state index contributed by atoms with van der Waals surface area (Å²) in [5, 5.41) is 25.8. The molecule has 1 aliphatic rings. The molecule has 2 aromatic rings. The number of hydrazone groups is 1. The van der Waals surface area contributed by atoms with E-state index in [1.54, 1.807) is 6.07 Å². The molecule has 3 rings (SSSR count). The van der Waals surface area contributed by atoms with Gasteiger partial charge >= 0.3 is 0 Å². The van der Waals surface area contributed by atoms with Crippen LogP contribution in [-0.4, -0.2) is 60.1 Å². The number of piperazine rings is 1. The summed E-state index contributed by atoms with van der Waals surface area (Å²) < 4.78 is 0. The Morgan fingerprint density at radius 2 is 1.60 bits per heavy atom. The molecular weight excluding hydrogens is 392 g/mol. The minimum absolute atomic E-state index is 0.0731. The number of rotatable bonds is 6. The Hall–Kier alpha value is -3.86. The standard InChI is InChI=1S/C19H20N6O5/c1-22-8-10-23(11-9-22)18-7-6-17(25(29)30)12-15(18)13-20-21-19(26)14-2-4-16(5-3-14)24(27)28/h2-7,12-13H,8-11H2,1H3,(H,21,26)/b20-13-. The van der Waals surface area contributed by atoms with E-state index in [2.05, 4.69) is 20.3 Å². The highest BCUT2D eigenvalue weighted by Crippen LogP contribution is 2.25. The van der Waals surface area contributed by atoms with Crippen LogP contribution in [0.15, 0.2) is 47.6 Å². The van der Waals surface area contributed by atoms with Crippen molar-refractivity contribution >= 4 is 29.2 Å². The quantitative estimate of drug-likeness (QED) is 0.436. The highest BCUT2D eigenvalue weighted by molar-refractivity contribution is 5.96. The summed E-state index contributed by atoms with van der Waals surface area (Å²) in [5.74, 6) is -0.548. The van der Waals surface area contributed by atoms with Gasteiger partial charge in [-0.3, -0.25) is 25.0 Å². The zero-order valence-electron chi connectivity index (χ0n) is 16.2. The second-order valence-corrected chi connectivity index (χ2v) is 6.79. The number of hydrogen-bond acceptors (Lipinski definition) is 8. The highest BCUT2D eigenvalue weighted by Gasteiger charge is 2.19. The topological polar surface area (TPSA) is 134 Å². The monoisotopic (exact) mass is 412 g/mol. The van der Waals surface area contributed by atoms with Crippen LogP contribution in [0.1, 0.15) is 15.9 Å². The number of nitro benzene ring substituents is 2. The lowest BCUT2D eigenvalue weighted by Crippen LogP contribution is -2.44. The first-order chi connectivity index (χ1) is 14.3. The number of non-ortho nitro benzene ring substituents is 2. The maximum absolute atomic E-state index is 12.2. The SMILES string of the molecule is CN1CCN(c2ccc([N+](=O)[O-])cc2/C=N\NC(=O)c2ccc([N+](=O)[O-])cc2)CC1. The second kappa shape index (κ2) is 9.09. The van der Waals surface area contributed by atoms with Crippen LogP contribution in [0, 0.1) is 20.2 Å². The van der Waals surface area contributed by atoms with Gasteiger partial charge in [-0.15, -0.1) is 0 Å². The molecule has 0 saturated carbocycles. The Kier molecular flexibility index (Phi) is 6.32. The third kappa shape index (κ3) is 4.94. The van der Waals surface area contributed by atoms with Crippen LogP contribution in [0.2, 0.25) is 0 Å². The van der Waals surface area contributed by atoms with Gasteiger partial charge < -0.3 is 9.80 Å². The van der Waals surface area contributed by atoms with Crippen molar-refractivity contribution < 1.29 is 14.6 Å². The zero-order valence-corrected chi connectivity index (χ0v) is 16.2. The minimum atomic E-state index is -0.554. The van der Waals surface area contributed by atoms with Crippen molar-refractivity contribution in [1.29, 1.82) is 0 Å². The Balaban J connectivity index is 1.77. The third-order valence-corrected chi connectivity index (χ3v) is 4.78. The highest BCUT2D eigenvalue weighted by atomic mass is 16.6. The lowest BCUT2D eigenvalue weighted by molar-refractivity contribution is -0.385. The predicted octanol–water partition coefficient (Wildman–Crippen LogP) is 2.02. The van der Waals surface area contributed by atoms with E-state index in [9.17, 15) is 25.0 Å². The van der Waals surface area contributed by atoms with Crippen LogP contribution in [-0.2, 0) is 0 Å². The van der Waals surface area contributed by atoms with Crippen molar-refractivity contribution in [3.05, 3.63) is 73.8 Å². The third-order valence-electron chi connectivity index (χ3n) is 4.78. The molecule has 30 heavy (non-hydrogen) atoms. The van der Waals surface area contributed by atoms with Gasteiger partial charge in [0.05, 0.1) is 16.1 Å². The van der Waals surface area contributed by atoms with Crippen molar-refractivity contribution in [2.24, 2.45) is 5.10 Å². The fourth-order valence-corrected chi connectivity index (χ4v) is 3.05. The first-order valence-corrected chi connectivity index (χ1v) is 9.15. The van der Waals surface area contributed by atoms with E-state index in [0.717, 1.165) is 31.9 Å². The summed E-state index contributed by atoms with van der Waals surface area (Å²) in [6.07, 6.45) is 1.37. The van der Waals surface area contributed by atoms with Crippen LogP contribution in [0.4, 0.5) is 17.1 Å². The second-order valence-electron chi connectivity index (χ2n) is 6.79. The summed E-state index contributed by atoms with van der Waals surface area (Å²) in [6.45, 7) is 3.27. The molecule has 1 amide bonds. The number of benzene rings is 2. The molecule has 11 nitrogen and oxygen atoms in total. The van der Waals surface area contributed by atoms with Gasteiger partial charge in [0.15, 0.2) is 0 Å². The summed E-state index contributed by atoms with van der Waals surface area (Å²) in [7, 11) is 2.03. The number of likely N-dealkylation sites (N-methyl/N-ethyl adjacent to an activating group) is 1. The average Bonchev–Trinajstić information content (AvgIpc) is 2.74. The van der Waals surface area contributed by atoms with Crippen LogP contribution in [0.5, 0.6) is 0 Å². The maximum atomic E-state index is 12.2. The Morgan fingerprint density at radius 1 is 1.00 bits per heavy atom. The van der Waals surface area contributed by atoms with E-state index in [1.165, 1.54) is 42.6 Å². The van der Waals surface area contributed by atoms with Gasteiger partial charge in [-0.1, -0.05) is 0 Å². The average molecular weight is 412 g/mol. The van der Waals surface area contributed by atoms with Gasteiger partial charge in [-0.05, 0) is 25.2 Å². The normalized spacial score (nSPS) is 14.6. The minimum Gasteiger partial charge on any atom is -0.368 e. The van der Waals surface area contributed by atoms with E-state index < -0.39 is 15.8 Å². The molecule has 0 atom stereocenters. The van der Waals surface area contributed by atoms with Gasteiger partial charge in [0.25, 0.3) is 17.3 Å². The van der Waals surface area contributed by atoms with Crippen molar-refractivity contribution in [3.8, 4) is 0 Å². The van der Waals surface area contributed by atoms with E-state index >= 15 is 0 Å². The zero-order chi connectivity index (χ0) is 21.7. The van der Waals surface area contributed by atoms with Crippen LogP contribution >= 0.6 is 0 Å². The van der Waals surface area contributed by atoms with Crippen molar-refractivity contribution in [1.82, 2.24) is 10.3 Å². The van der Waals surface area contributed by atoms with Crippen LogP contribution < -0.4 is 10.3 Å². The molecule has 1 aliphatic heterocycles. The van der Waals surface area contributed by atoms with Crippen molar-refractivity contribution in [3.63, 3.8) is 0 Å². The molecular formula is C19H20N6O5. The fraction of sp³-hybridized carbons (Fsp3) is 0.263. The van der Waals surface area contributed by atoms with Crippen molar-refractivity contribution in [2.75, 3.05) is 38.1 Å². The molecule has 0 unspecified atom stereocenters. The lowest BCUT2D eigenvalue weighted by atomic mass is 10.1. The molecule has 0 aliphatic carbocycles. The molecule has 1 fully saturated rings. The summed E-state index contributed by atoms with van der Waals surface area (Å²) in [6, 6.07) is 9.64. The summed E-state index contributed by atoms with van der Waals surface area (Å²) in [4.78, 5) is 37.3. The number of nitrogens with zero attached hydrogens (tertiary/aromatic N) is 5. The summed E-state index contributed by atoms with van der Waals surface area (Å²) in [5.41, 5.74) is 3.66. The molecule has 0 spiro atoms. The van der Waals surface area contributed by atoms with Gasteiger partial charge in [-0.2, -0.15) is 5.10 Å². The lowest BCUT2D eigenvalue weighted by Gasteiger charge is -2.34.